The first-order valence-corrected chi connectivity index (χ1v) is 12.6. The molecular weight excluding hydrogens is 470 g/mol. The lowest BCUT2D eigenvalue weighted by molar-refractivity contribution is -0.136. The van der Waals surface area contributed by atoms with E-state index in [9.17, 15) is 18.4 Å². The first-order chi connectivity index (χ1) is 16.9. The van der Waals surface area contributed by atoms with Crippen molar-refractivity contribution in [1.29, 1.82) is 0 Å². The van der Waals surface area contributed by atoms with Gasteiger partial charge in [-0.3, -0.25) is 9.59 Å². The van der Waals surface area contributed by atoms with Gasteiger partial charge in [0.2, 0.25) is 5.91 Å². The predicted octanol–water partition coefficient (Wildman–Crippen LogP) is 5.47. The summed E-state index contributed by atoms with van der Waals surface area (Å²) in [4.78, 5) is 31.2. The highest BCUT2D eigenvalue weighted by Crippen LogP contribution is 2.34. The SMILES string of the molecule is CC[C@H](C)N(CC(=O)N1CCc2sccc2[C@@H]1COc1ccc(F)cc1)C(=O)c1ccccc1F. The minimum atomic E-state index is -0.607. The third-order valence-electron chi connectivity index (χ3n) is 6.43. The normalized spacial score (nSPS) is 15.9. The summed E-state index contributed by atoms with van der Waals surface area (Å²) in [6, 6.07) is 13.0. The molecule has 0 N–H and O–H groups in total. The van der Waals surface area contributed by atoms with Gasteiger partial charge in [-0.25, -0.2) is 8.78 Å². The van der Waals surface area contributed by atoms with Crippen LogP contribution in [0.4, 0.5) is 8.78 Å². The molecule has 1 aliphatic heterocycles. The van der Waals surface area contributed by atoms with Crippen molar-refractivity contribution in [2.45, 2.75) is 38.8 Å². The number of benzene rings is 2. The largest absolute Gasteiger partial charge is 0.491 e. The highest BCUT2D eigenvalue weighted by atomic mass is 32.1. The minimum Gasteiger partial charge on any atom is -0.491 e. The van der Waals surface area contributed by atoms with Crippen LogP contribution >= 0.6 is 11.3 Å². The van der Waals surface area contributed by atoms with Gasteiger partial charge in [0.15, 0.2) is 0 Å². The Morgan fingerprint density at radius 2 is 1.89 bits per heavy atom. The van der Waals surface area contributed by atoms with Crippen LogP contribution in [-0.2, 0) is 11.2 Å². The summed E-state index contributed by atoms with van der Waals surface area (Å²) in [5, 5.41) is 2.00. The van der Waals surface area contributed by atoms with Crippen LogP contribution in [0.1, 0.15) is 47.1 Å². The van der Waals surface area contributed by atoms with Crippen molar-refractivity contribution < 1.29 is 23.1 Å². The fourth-order valence-corrected chi connectivity index (χ4v) is 5.18. The van der Waals surface area contributed by atoms with Crippen molar-refractivity contribution >= 4 is 23.2 Å². The molecule has 1 aromatic heterocycles. The van der Waals surface area contributed by atoms with Crippen LogP contribution in [0.25, 0.3) is 0 Å². The Morgan fingerprint density at radius 1 is 1.14 bits per heavy atom. The van der Waals surface area contributed by atoms with Crippen LogP contribution in [-0.4, -0.2) is 47.4 Å². The molecule has 0 unspecified atom stereocenters. The van der Waals surface area contributed by atoms with Crippen molar-refractivity contribution in [3.63, 3.8) is 0 Å². The topological polar surface area (TPSA) is 49.9 Å². The molecule has 0 saturated carbocycles. The summed E-state index contributed by atoms with van der Waals surface area (Å²) in [5.74, 6) is -1.17. The van der Waals surface area contributed by atoms with Crippen molar-refractivity contribution in [3.05, 3.63) is 87.6 Å². The molecule has 0 bridgehead atoms. The summed E-state index contributed by atoms with van der Waals surface area (Å²) in [7, 11) is 0. The first kappa shape index (κ1) is 24.9. The average molecular weight is 499 g/mol. The summed E-state index contributed by atoms with van der Waals surface area (Å²) in [6.45, 7) is 4.31. The van der Waals surface area contributed by atoms with E-state index in [0.29, 0.717) is 18.7 Å². The van der Waals surface area contributed by atoms with E-state index in [1.807, 2.05) is 25.3 Å². The predicted molar refractivity (Wildman–Crippen MR) is 132 cm³/mol. The van der Waals surface area contributed by atoms with Gasteiger partial charge in [0.1, 0.15) is 30.5 Å². The molecule has 2 atom stereocenters. The maximum atomic E-state index is 14.4. The summed E-state index contributed by atoms with van der Waals surface area (Å²) < 4.78 is 33.6. The number of thiophene rings is 1. The Bertz CT molecular complexity index is 1180. The molecule has 0 radical (unpaired) electrons. The lowest BCUT2D eigenvalue weighted by Gasteiger charge is -2.38. The maximum absolute atomic E-state index is 14.4. The first-order valence-electron chi connectivity index (χ1n) is 11.7. The lowest BCUT2D eigenvalue weighted by Crippen LogP contribution is -2.50. The number of nitrogens with zero attached hydrogens (tertiary/aromatic N) is 2. The average Bonchev–Trinajstić information content (AvgIpc) is 3.35. The van der Waals surface area contributed by atoms with E-state index in [-0.39, 0.29) is 42.5 Å². The fourth-order valence-electron chi connectivity index (χ4n) is 4.25. The highest BCUT2D eigenvalue weighted by molar-refractivity contribution is 7.10. The van der Waals surface area contributed by atoms with Crippen LogP contribution in [0.3, 0.4) is 0 Å². The smallest absolute Gasteiger partial charge is 0.257 e. The van der Waals surface area contributed by atoms with Gasteiger partial charge in [0.05, 0.1) is 11.6 Å². The number of carbonyl (C=O) groups is 2. The van der Waals surface area contributed by atoms with E-state index >= 15 is 0 Å². The van der Waals surface area contributed by atoms with Gasteiger partial charge in [-0.15, -0.1) is 11.3 Å². The number of rotatable bonds is 8. The Morgan fingerprint density at radius 3 is 2.60 bits per heavy atom. The molecule has 2 heterocycles. The van der Waals surface area contributed by atoms with Crippen molar-refractivity contribution in [3.8, 4) is 5.75 Å². The Balaban J connectivity index is 1.55. The van der Waals surface area contributed by atoms with Crippen molar-refractivity contribution in [2.75, 3.05) is 19.7 Å². The van der Waals surface area contributed by atoms with Crippen LogP contribution < -0.4 is 4.74 Å². The van der Waals surface area contributed by atoms with E-state index in [1.54, 1.807) is 34.4 Å². The zero-order valence-corrected chi connectivity index (χ0v) is 20.6. The number of halogens is 2. The molecule has 0 fully saturated rings. The van der Waals surface area contributed by atoms with Gasteiger partial charge in [0.25, 0.3) is 5.91 Å². The minimum absolute atomic E-state index is 0.0458. The van der Waals surface area contributed by atoms with Gasteiger partial charge >= 0.3 is 0 Å². The zero-order chi connectivity index (χ0) is 24.9. The summed E-state index contributed by atoms with van der Waals surface area (Å²) >= 11 is 1.64. The van der Waals surface area contributed by atoms with Crippen LogP contribution in [0, 0.1) is 11.6 Å². The lowest BCUT2D eigenvalue weighted by atomic mass is 10.00. The number of fused-ring (bicyclic) bond motifs is 1. The molecule has 1 aliphatic rings. The monoisotopic (exact) mass is 498 g/mol. The standard InChI is InChI=1S/C27H28F2N2O3S/c1-3-18(2)31(27(33)21-6-4-5-7-23(21)29)16-26(32)30-14-12-25-22(13-15-35-25)24(30)17-34-20-10-8-19(28)9-11-20/h4-11,13,15,18,24H,3,12,14,16-17H2,1-2H3/t18-,24-/m0/s1. The maximum Gasteiger partial charge on any atom is 0.257 e. The molecule has 0 saturated heterocycles. The Hall–Kier alpha value is -3.26. The summed E-state index contributed by atoms with van der Waals surface area (Å²) in [6.07, 6.45) is 1.34. The molecule has 0 spiro atoms. The second-order valence-electron chi connectivity index (χ2n) is 8.59. The van der Waals surface area contributed by atoms with E-state index in [4.69, 9.17) is 4.74 Å². The molecule has 184 valence electrons. The molecule has 3 aromatic rings. The molecule has 2 amide bonds. The van der Waals surface area contributed by atoms with E-state index in [0.717, 1.165) is 12.0 Å². The molecule has 2 aromatic carbocycles. The molecular formula is C27H28F2N2O3S. The van der Waals surface area contributed by atoms with Crippen molar-refractivity contribution in [1.82, 2.24) is 9.80 Å². The Kier molecular flexibility index (Phi) is 7.80. The fraction of sp³-hybridized carbons (Fsp3) is 0.333. The molecule has 35 heavy (non-hydrogen) atoms. The van der Waals surface area contributed by atoms with Crippen LogP contribution in [0.5, 0.6) is 5.75 Å². The zero-order valence-electron chi connectivity index (χ0n) is 19.7. The number of carbonyl (C=O) groups excluding carboxylic acids is 2. The van der Waals surface area contributed by atoms with Gasteiger partial charge < -0.3 is 14.5 Å². The third-order valence-corrected chi connectivity index (χ3v) is 7.43. The highest BCUT2D eigenvalue weighted by Gasteiger charge is 2.34. The van der Waals surface area contributed by atoms with Crippen LogP contribution in [0.2, 0.25) is 0 Å². The van der Waals surface area contributed by atoms with Gasteiger partial charge in [-0.1, -0.05) is 19.1 Å². The molecule has 4 rings (SSSR count). The second kappa shape index (κ2) is 11.0. The number of ether oxygens (including phenoxy) is 1. The number of amides is 2. The number of hydrogen-bond donors (Lipinski definition) is 0. The van der Waals surface area contributed by atoms with Crippen molar-refractivity contribution in [2.24, 2.45) is 0 Å². The molecule has 8 heteroatoms. The van der Waals surface area contributed by atoms with Crippen LogP contribution in [0.15, 0.2) is 60.0 Å². The summed E-state index contributed by atoms with van der Waals surface area (Å²) in [5.41, 5.74) is 0.975. The van der Waals surface area contributed by atoms with Gasteiger partial charge in [-0.05, 0) is 73.2 Å². The van der Waals surface area contributed by atoms with Gasteiger partial charge in [0, 0.05) is 17.5 Å². The van der Waals surface area contributed by atoms with E-state index < -0.39 is 11.7 Å². The molecule has 5 nitrogen and oxygen atoms in total. The molecule has 0 aliphatic carbocycles. The third kappa shape index (κ3) is 5.53. The van der Waals surface area contributed by atoms with E-state index in [1.165, 1.54) is 40.1 Å². The quantitative estimate of drug-likeness (QED) is 0.414. The van der Waals surface area contributed by atoms with Gasteiger partial charge in [-0.2, -0.15) is 0 Å². The number of hydrogen-bond acceptors (Lipinski definition) is 4. The van der Waals surface area contributed by atoms with E-state index in [2.05, 4.69) is 0 Å². The second-order valence-corrected chi connectivity index (χ2v) is 9.59. The Labute approximate surface area is 207 Å².